The van der Waals surface area contributed by atoms with E-state index in [4.69, 9.17) is 16.3 Å². The number of aryl methyl sites for hydroxylation is 1. The first-order chi connectivity index (χ1) is 11.4. The van der Waals surface area contributed by atoms with E-state index in [9.17, 15) is 19.7 Å². The number of anilines is 1. The van der Waals surface area contributed by atoms with Gasteiger partial charge in [-0.15, -0.1) is 0 Å². The normalized spacial score (nSPS) is 10.1. The molecule has 0 aliphatic rings. The van der Waals surface area contributed by atoms with Crippen LogP contribution in [0.25, 0.3) is 0 Å². The maximum absolute atomic E-state index is 11.9. The standard InChI is InChI=1S/C16H13ClN2O5/c1-10-2-4-13(12(17)6-10)18-16(21)9-24-15-5-3-11(8-20)7-14(15)19(22)23/h2-8H,9H2,1H3,(H,18,21). The summed E-state index contributed by atoms with van der Waals surface area (Å²) in [5.74, 6) is -0.620. The second-order valence-corrected chi connectivity index (χ2v) is 5.33. The van der Waals surface area contributed by atoms with Crippen LogP contribution in [0.4, 0.5) is 11.4 Å². The van der Waals surface area contributed by atoms with Gasteiger partial charge in [0.1, 0.15) is 6.29 Å². The predicted octanol–water partition coefficient (Wildman–Crippen LogP) is 3.39. The van der Waals surface area contributed by atoms with Crippen molar-refractivity contribution in [2.75, 3.05) is 11.9 Å². The number of nitro benzene ring substituents is 1. The molecule has 0 aliphatic heterocycles. The summed E-state index contributed by atoms with van der Waals surface area (Å²) in [6.45, 7) is 1.42. The number of carbonyl (C=O) groups excluding carboxylic acids is 2. The number of halogens is 1. The van der Waals surface area contributed by atoms with Crippen LogP contribution in [0.15, 0.2) is 36.4 Å². The lowest BCUT2D eigenvalue weighted by molar-refractivity contribution is -0.385. The summed E-state index contributed by atoms with van der Waals surface area (Å²) < 4.78 is 5.18. The number of aldehydes is 1. The maximum atomic E-state index is 11.9. The Labute approximate surface area is 142 Å². The van der Waals surface area contributed by atoms with E-state index in [1.807, 2.05) is 6.92 Å². The molecule has 0 spiro atoms. The van der Waals surface area contributed by atoms with Crippen molar-refractivity contribution in [3.05, 3.63) is 62.7 Å². The highest BCUT2D eigenvalue weighted by atomic mass is 35.5. The van der Waals surface area contributed by atoms with E-state index >= 15 is 0 Å². The summed E-state index contributed by atoms with van der Waals surface area (Å²) in [4.78, 5) is 32.9. The molecule has 0 atom stereocenters. The molecule has 0 aliphatic carbocycles. The molecule has 0 saturated heterocycles. The maximum Gasteiger partial charge on any atom is 0.311 e. The minimum absolute atomic E-state index is 0.101. The van der Waals surface area contributed by atoms with Gasteiger partial charge in [-0.05, 0) is 36.8 Å². The van der Waals surface area contributed by atoms with Gasteiger partial charge >= 0.3 is 5.69 Å². The van der Waals surface area contributed by atoms with Crippen LogP contribution >= 0.6 is 11.6 Å². The molecular formula is C16H13ClN2O5. The van der Waals surface area contributed by atoms with Crippen molar-refractivity contribution in [3.8, 4) is 5.75 Å². The molecule has 2 rings (SSSR count). The zero-order chi connectivity index (χ0) is 17.7. The van der Waals surface area contributed by atoms with Gasteiger partial charge in [0.05, 0.1) is 15.6 Å². The van der Waals surface area contributed by atoms with Crippen LogP contribution in [0.5, 0.6) is 5.75 Å². The number of nitrogens with one attached hydrogen (secondary N) is 1. The second kappa shape index (κ2) is 7.56. The van der Waals surface area contributed by atoms with E-state index in [1.165, 1.54) is 12.1 Å². The van der Waals surface area contributed by atoms with Crippen molar-refractivity contribution in [2.24, 2.45) is 0 Å². The molecule has 7 nitrogen and oxygen atoms in total. The highest BCUT2D eigenvalue weighted by Crippen LogP contribution is 2.28. The van der Waals surface area contributed by atoms with Gasteiger partial charge in [-0.2, -0.15) is 0 Å². The van der Waals surface area contributed by atoms with Gasteiger partial charge in [0.2, 0.25) is 0 Å². The lowest BCUT2D eigenvalue weighted by Gasteiger charge is -2.09. The van der Waals surface area contributed by atoms with Crippen LogP contribution in [0.3, 0.4) is 0 Å². The molecule has 0 bridgehead atoms. The molecule has 0 heterocycles. The molecule has 8 heteroatoms. The van der Waals surface area contributed by atoms with Crippen LogP contribution in [0, 0.1) is 17.0 Å². The van der Waals surface area contributed by atoms with Crippen molar-refractivity contribution < 1.29 is 19.2 Å². The van der Waals surface area contributed by atoms with Crippen molar-refractivity contribution >= 4 is 35.2 Å². The number of hydrogen-bond donors (Lipinski definition) is 1. The molecule has 2 aromatic rings. The fourth-order valence-corrected chi connectivity index (χ4v) is 2.21. The summed E-state index contributed by atoms with van der Waals surface area (Å²) in [7, 11) is 0. The van der Waals surface area contributed by atoms with Gasteiger partial charge in [0.15, 0.2) is 12.4 Å². The Morgan fingerprint density at radius 2 is 2.08 bits per heavy atom. The number of nitro groups is 1. The molecule has 24 heavy (non-hydrogen) atoms. The third-order valence-corrected chi connectivity index (χ3v) is 3.39. The van der Waals surface area contributed by atoms with E-state index in [0.717, 1.165) is 11.6 Å². The Morgan fingerprint density at radius 3 is 2.71 bits per heavy atom. The molecule has 2 aromatic carbocycles. The molecule has 0 aromatic heterocycles. The van der Waals surface area contributed by atoms with Gasteiger partial charge in [0.25, 0.3) is 5.91 Å². The number of amides is 1. The number of hydrogen-bond acceptors (Lipinski definition) is 5. The Kier molecular flexibility index (Phi) is 5.49. The fraction of sp³-hybridized carbons (Fsp3) is 0.125. The molecule has 0 fully saturated rings. The van der Waals surface area contributed by atoms with Gasteiger partial charge in [0, 0.05) is 11.6 Å². The van der Waals surface area contributed by atoms with Gasteiger partial charge in [-0.25, -0.2) is 0 Å². The minimum Gasteiger partial charge on any atom is -0.477 e. The summed E-state index contributed by atoms with van der Waals surface area (Å²) in [6.07, 6.45) is 0.489. The molecular weight excluding hydrogens is 336 g/mol. The Bertz CT molecular complexity index is 807. The summed E-state index contributed by atoms with van der Waals surface area (Å²) in [5.41, 5.74) is 1.12. The van der Waals surface area contributed by atoms with Crippen molar-refractivity contribution in [1.82, 2.24) is 0 Å². The molecule has 0 radical (unpaired) electrons. The van der Waals surface area contributed by atoms with Gasteiger partial charge in [-0.1, -0.05) is 17.7 Å². The number of rotatable bonds is 6. The number of ether oxygens (including phenoxy) is 1. The summed E-state index contributed by atoms with van der Waals surface area (Å²) >= 11 is 6.01. The molecule has 1 amide bonds. The molecule has 0 saturated carbocycles. The van der Waals surface area contributed by atoms with E-state index < -0.39 is 17.4 Å². The lowest BCUT2D eigenvalue weighted by atomic mass is 10.2. The van der Waals surface area contributed by atoms with E-state index in [-0.39, 0.29) is 17.0 Å². The fourth-order valence-electron chi connectivity index (χ4n) is 1.92. The summed E-state index contributed by atoms with van der Waals surface area (Å²) in [6, 6.07) is 8.85. The monoisotopic (exact) mass is 348 g/mol. The zero-order valence-corrected chi connectivity index (χ0v) is 13.4. The van der Waals surface area contributed by atoms with Crippen LogP contribution in [0.2, 0.25) is 5.02 Å². The Balaban J connectivity index is 2.06. The van der Waals surface area contributed by atoms with Crippen molar-refractivity contribution in [2.45, 2.75) is 6.92 Å². The lowest BCUT2D eigenvalue weighted by Crippen LogP contribution is -2.20. The quantitative estimate of drug-likeness (QED) is 0.490. The summed E-state index contributed by atoms with van der Waals surface area (Å²) in [5, 5.41) is 13.9. The van der Waals surface area contributed by atoms with Crippen LogP contribution in [-0.4, -0.2) is 23.7 Å². The number of nitrogens with zero attached hydrogens (tertiary/aromatic N) is 1. The van der Waals surface area contributed by atoms with E-state index in [2.05, 4.69) is 5.32 Å². The average Bonchev–Trinajstić information content (AvgIpc) is 2.55. The van der Waals surface area contributed by atoms with E-state index in [1.54, 1.807) is 18.2 Å². The minimum atomic E-state index is -0.683. The highest BCUT2D eigenvalue weighted by Gasteiger charge is 2.17. The van der Waals surface area contributed by atoms with E-state index in [0.29, 0.717) is 17.0 Å². The topological polar surface area (TPSA) is 98.5 Å². The SMILES string of the molecule is Cc1ccc(NC(=O)COc2ccc(C=O)cc2[N+](=O)[O-])c(Cl)c1. The van der Waals surface area contributed by atoms with Gasteiger partial charge in [-0.3, -0.25) is 19.7 Å². The average molecular weight is 349 g/mol. The molecule has 124 valence electrons. The van der Waals surface area contributed by atoms with Crippen molar-refractivity contribution in [1.29, 1.82) is 0 Å². The predicted molar refractivity (Wildman–Crippen MR) is 88.8 cm³/mol. The number of benzene rings is 2. The Morgan fingerprint density at radius 1 is 1.33 bits per heavy atom. The van der Waals surface area contributed by atoms with Crippen LogP contribution < -0.4 is 10.1 Å². The first-order valence-corrected chi connectivity index (χ1v) is 7.21. The molecule has 1 N–H and O–H groups in total. The zero-order valence-electron chi connectivity index (χ0n) is 12.6. The van der Waals surface area contributed by atoms with Crippen molar-refractivity contribution in [3.63, 3.8) is 0 Å². The third-order valence-electron chi connectivity index (χ3n) is 3.07. The third kappa shape index (κ3) is 4.30. The first kappa shape index (κ1) is 17.4. The second-order valence-electron chi connectivity index (χ2n) is 4.92. The smallest absolute Gasteiger partial charge is 0.311 e. The first-order valence-electron chi connectivity index (χ1n) is 6.83. The Hall–Kier alpha value is -2.93. The number of carbonyl (C=O) groups is 2. The molecule has 0 unspecified atom stereocenters. The largest absolute Gasteiger partial charge is 0.477 e. The highest BCUT2D eigenvalue weighted by molar-refractivity contribution is 6.33. The van der Waals surface area contributed by atoms with Gasteiger partial charge < -0.3 is 10.1 Å². The van der Waals surface area contributed by atoms with Crippen LogP contribution in [0.1, 0.15) is 15.9 Å². The van der Waals surface area contributed by atoms with Crippen LogP contribution in [-0.2, 0) is 4.79 Å².